The van der Waals surface area contributed by atoms with Crippen LogP contribution < -0.4 is 0 Å². The Kier molecular flexibility index (Phi) is 5.68. The van der Waals surface area contributed by atoms with Crippen LogP contribution in [-0.4, -0.2) is 22.5 Å². The Balaban J connectivity index is 2.02. The van der Waals surface area contributed by atoms with E-state index >= 15 is 0 Å². The van der Waals surface area contributed by atoms with Crippen LogP contribution in [0, 0.1) is 0 Å². The summed E-state index contributed by atoms with van der Waals surface area (Å²) in [5, 5.41) is 1.16. The summed E-state index contributed by atoms with van der Waals surface area (Å²) in [6, 6.07) is 17.0. The van der Waals surface area contributed by atoms with Crippen LogP contribution in [0.25, 0.3) is 11.4 Å². The maximum Gasteiger partial charge on any atom is 0.342 e. The van der Waals surface area contributed by atoms with E-state index in [9.17, 15) is 4.79 Å². The molecule has 0 saturated carbocycles. The predicted molar refractivity (Wildman–Crippen MR) is 99.0 cm³/mol. The molecule has 0 atom stereocenters. The molecule has 0 radical (unpaired) electrons. The van der Waals surface area contributed by atoms with Crippen LogP contribution in [0.4, 0.5) is 0 Å². The SMILES string of the molecule is CCOC(=O)c1cnc(-c2ccccc2)nc1Sc1cccc(Cl)c1. The fourth-order valence-corrected chi connectivity index (χ4v) is 3.35. The molecule has 0 aliphatic heterocycles. The van der Waals surface area contributed by atoms with Gasteiger partial charge in [0.2, 0.25) is 0 Å². The highest BCUT2D eigenvalue weighted by Gasteiger charge is 2.17. The van der Waals surface area contributed by atoms with Crippen LogP contribution in [0.15, 0.2) is 70.7 Å². The van der Waals surface area contributed by atoms with E-state index in [1.807, 2.05) is 48.5 Å². The number of nitrogens with zero attached hydrogens (tertiary/aromatic N) is 2. The van der Waals surface area contributed by atoms with Crippen molar-refractivity contribution in [2.45, 2.75) is 16.8 Å². The third-order valence-corrected chi connectivity index (χ3v) is 4.52. The Morgan fingerprint density at radius 1 is 1.16 bits per heavy atom. The van der Waals surface area contributed by atoms with Crippen LogP contribution in [0.3, 0.4) is 0 Å². The molecule has 0 aliphatic carbocycles. The van der Waals surface area contributed by atoms with Crippen molar-refractivity contribution in [3.8, 4) is 11.4 Å². The largest absolute Gasteiger partial charge is 0.462 e. The van der Waals surface area contributed by atoms with Gasteiger partial charge in [0.05, 0.1) is 6.61 Å². The van der Waals surface area contributed by atoms with E-state index in [-0.39, 0.29) is 0 Å². The van der Waals surface area contributed by atoms with Crippen molar-refractivity contribution in [3.63, 3.8) is 0 Å². The number of hydrogen-bond donors (Lipinski definition) is 0. The topological polar surface area (TPSA) is 52.1 Å². The number of rotatable bonds is 5. The molecule has 0 fully saturated rings. The van der Waals surface area contributed by atoms with Gasteiger partial charge in [-0.25, -0.2) is 14.8 Å². The molecule has 126 valence electrons. The van der Waals surface area contributed by atoms with Crippen LogP contribution in [-0.2, 0) is 4.74 Å². The highest BCUT2D eigenvalue weighted by molar-refractivity contribution is 7.99. The van der Waals surface area contributed by atoms with Gasteiger partial charge < -0.3 is 4.74 Å². The highest BCUT2D eigenvalue weighted by atomic mass is 35.5. The van der Waals surface area contributed by atoms with Gasteiger partial charge in [-0.15, -0.1) is 0 Å². The number of ether oxygens (including phenoxy) is 1. The Labute approximate surface area is 155 Å². The van der Waals surface area contributed by atoms with Crippen molar-refractivity contribution in [1.82, 2.24) is 9.97 Å². The van der Waals surface area contributed by atoms with Crippen LogP contribution >= 0.6 is 23.4 Å². The van der Waals surface area contributed by atoms with E-state index in [1.54, 1.807) is 13.0 Å². The normalized spacial score (nSPS) is 10.5. The summed E-state index contributed by atoms with van der Waals surface area (Å²) in [4.78, 5) is 22.0. The minimum Gasteiger partial charge on any atom is -0.462 e. The van der Waals surface area contributed by atoms with Crippen molar-refractivity contribution < 1.29 is 9.53 Å². The number of benzene rings is 2. The first-order valence-corrected chi connectivity index (χ1v) is 8.90. The molecule has 0 spiro atoms. The fraction of sp³-hybridized carbons (Fsp3) is 0.105. The Bertz CT molecular complexity index is 888. The van der Waals surface area contributed by atoms with Gasteiger partial charge in [-0.2, -0.15) is 0 Å². The van der Waals surface area contributed by atoms with Crippen molar-refractivity contribution in [2.24, 2.45) is 0 Å². The van der Waals surface area contributed by atoms with E-state index in [0.29, 0.717) is 28.0 Å². The fourth-order valence-electron chi connectivity index (χ4n) is 2.16. The number of halogens is 1. The second-order valence-electron chi connectivity index (χ2n) is 5.06. The lowest BCUT2D eigenvalue weighted by Gasteiger charge is -2.09. The average molecular weight is 371 g/mol. The second-order valence-corrected chi connectivity index (χ2v) is 6.56. The van der Waals surface area contributed by atoms with Crippen molar-refractivity contribution in [1.29, 1.82) is 0 Å². The van der Waals surface area contributed by atoms with Gasteiger partial charge in [0.25, 0.3) is 0 Å². The molecule has 0 saturated heterocycles. The number of aromatic nitrogens is 2. The van der Waals surface area contributed by atoms with Crippen LogP contribution in [0.5, 0.6) is 0 Å². The van der Waals surface area contributed by atoms with E-state index in [0.717, 1.165) is 10.5 Å². The maximum atomic E-state index is 12.2. The molecule has 1 aromatic heterocycles. The molecule has 6 heteroatoms. The number of hydrogen-bond acceptors (Lipinski definition) is 5. The van der Waals surface area contributed by atoms with Gasteiger partial charge in [0, 0.05) is 21.7 Å². The van der Waals surface area contributed by atoms with Crippen LogP contribution in [0.2, 0.25) is 5.02 Å². The third kappa shape index (κ3) is 4.38. The van der Waals surface area contributed by atoms with Crippen molar-refractivity contribution in [3.05, 3.63) is 71.4 Å². The second kappa shape index (κ2) is 8.14. The van der Waals surface area contributed by atoms with Gasteiger partial charge in [-0.1, -0.05) is 59.8 Å². The van der Waals surface area contributed by atoms with Crippen molar-refractivity contribution >= 4 is 29.3 Å². The van der Waals surface area contributed by atoms with Crippen LogP contribution in [0.1, 0.15) is 17.3 Å². The number of esters is 1. The molecule has 0 amide bonds. The molecule has 25 heavy (non-hydrogen) atoms. The predicted octanol–water partition coefficient (Wildman–Crippen LogP) is 5.12. The molecular formula is C19H15ClN2O2S. The zero-order valence-electron chi connectivity index (χ0n) is 13.5. The summed E-state index contributed by atoms with van der Waals surface area (Å²) in [5.74, 6) is 0.116. The molecule has 3 rings (SSSR count). The monoisotopic (exact) mass is 370 g/mol. The molecule has 0 aliphatic rings. The zero-order valence-corrected chi connectivity index (χ0v) is 15.1. The minimum atomic E-state index is -0.438. The quantitative estimate of drug-likeness (QED) is 0.460. The van der Waals surface area contributed by atoms with Gasteiger partial charge >= 0.3 is 5.97 Å². The smallest absolute Gasteiger partial charge is 0.342 e. The highest BCUT2D eigenvalue weighted by Crippen LogP contribution is 2.32. The van der Waals surface area contributed by atoms with E-state index in [1.165, 1.54) is 18.0 Å². The molecule has 4 nitrogen and oxygen atoms in total. The maximum absolute atomic E-state index is 12.2. The van der Waals surface area contributed by atoms with Gasteiger partial charge in [0.15, 0.2) is 5.82 Å². The third-order valence-electron chi connectivity index (χ3n) is 3.29. The first kappa shape index (κ1) is 17.5. The summed E-state index contributed by atoms with van der Waals surface area (Å²) < 4.78 is 5.12. The summed E-state index contributed by atoms with van der Waals surface area (Å²) >= 11 is 7.41. The molecular weight excluding hydrogens is 356 g/mol. The summed E-state index contributed by atoms with van der Waals surface area (Å²) in [6.07, 6.45) is 1.51. The van der Waals surface area contributed by atoms with E-state index in [4.69, 9.17) is 16.3 Å². The molecule has 2 aromatic carbocycles. The van der Waals surface area contributed by atoms with Gasteiger partial charge in [-0.05, 0) is 25.1 Å². The standard InChI is InChI=1S/C19H15ClN2O2S/c1-2-24-19(23)16-12-21-17(13-7-4-3-5-8-13)22-18(16)25-15-10-6-9-14(20)11-15/h3-12H,2H2,1H3. The zero-order chi connectivity index (χ0) is 17.6. The average Bonchev–Trinajstić information content (AvgIpc) is 2.62. The summed E-state index contributed by atoms with van der Waals surface area (Å²) in [6.45, 7) is 2.06. The molecule has 0 unspecified atom stereocenters. The lowest BCUT2D eigenvalue weighted by atomic mass is 10.2. The number of carbonyl (C=O) groups is 1. The van der Waals surface area contributed by atoms with E-state index < -0.39 is 5.97 Å². The minimum absolute atomic E-state index is 0.292. The van der Waals surface area contributed by atoms with Crippen molar-refractivity contribution in [2.75, 3.05) is 6.61 Å². The lowest BCUT2D eigenvalue weighted by molar-refractivity contribution is 0.0521. The Morgan fingerprint density at radius 2 is 1.96 bits per heavy atom. The Hall–Kier alpha value is -2.37. The molecule has 0 bridgehead atoms. The van der Waals surface area contributed by atoms with Gasteiger partial charge in [-0.3, -0.25) is 0 Å². The Morgan fingerprint density at radius 3 is 2.68 bits per heavy atom. The van der Waals surface area contributed by atoms with Gasteiger partial charge in [0.1, 0.15) is 10.6 Å². The first-order chi connectivity index (χ1) is 12.2. The summed E-state index contributed by atoms with van der Waals surface area (Å²) in [5.41, 5.74) is 1.22. The number of carbonyl (C=O) groups excluding carboxylic acids is 1. The van der Waals surface area contributed by atoms with E-state index in [2.05, 4.69) is 9.97 Å². The first-order valence-electron chi connectivity index (χ1n) is 7.70. The molecule has 0 N–H and O–H groups in total. The molecule has 1 heterocycles. The summed E-state index contributed by atoms with van der Waals surface area (Å²) in [7, 11) is 0. The lowest BCUT2D eigenvalue weighted by Crippen LogP contribution is -2.09. The molecule has 3 aromatic rings.